The third-order valence-corrected chi connectivity index (χ3v) is 8.92. The van der Waals surface area contributed by atoms with Crippen molar-refractivity contribution in [1.29, 1.82) is 0 Å². The maximum atomic E-state index is 11.1. The number of ether oxygens (including phenoxy) is 1. The number of methoxy groups -OCH3 is 1. The van der Waals surface area contributed by atoms with Crippen molar-refractivity contribution in [3.05, 3.63) is 90.2 Å². The molecule has 3 rings (SSSR count). The van der Waals surface area contributed by atoms with E-state index < -0.39 is 6.23 Å². The highest BCUT2D eigenvalue weighted by Gasteiger charge is 2.26. The highest BCUT2D eigenvalue weighted by molar-refractivity contribution is 7.13. The summed E-state index contributed by atoms with van der Waals surface area (Å²) >= 11 is 1.66. The van der Waals surface area contributed by atoms with E-state index in [1.165, 1.54) is 0 Å². The summed E-state index contributed by atoms with van der Waals surface area (Å²) in [6, 6.07) is 0. The van der Waals surface area contributed by atoms with Crippen LogP contribution in [0.15, 0.2) is 84.5 Å². The maximum absolute atomic E-state index is 11.1. The first-order valence-corrected chi connectivity index (χ1v) is 16.4. The molecule has 6 nitrogen and oxygen atoms in total. The number of aromatic nitrogens is 1. The molecule has 0 spiro atoms. The van der Waals surface area contributed by atoms with Crippen LogP contribution < -0.4 is 10.2 Å². The second-order valence-electron chi connectivity index (χ2n) is 11.2. The molecule has 1 fully saturated rings. The molecule has 0 bridgehead atoms. The highest BCUT2D eigenvalue weighted by Crippen LogP contribution is 2.32. The van der Waals surface area contributed by atoms with Crippen LogP contribution in [0.1, 0.15) is 64.5 Å². The molecular formula is C35H52N4O2S. The van der Waals surface area contributed by atoms with Crippen LogP contribution in [0.5, 0.6) is 0 Å². The Morgan fingerprint density at radius 1 is 1.29 bits per heavy atom. The predicted molar refractivity (Wildman–Crippen MR) is 181 cm³/mol. The van der Waals surface area contributed by atoms with Gasteiger partial charge in [-0.05, 0) is 55.2 Å². The van der Waals surface area contributed by atoms with Gasteiger partial charge in [-0.25, -0.2) is 4.98 Å². The Labute approximate surface area is 258 Å². The second kappa shape index (κ2) is 18.2. The van der Waals surface area contributed by atoms with Crippen molar-refractivity contribution in [3.8, 4) is 0 Å². The lowest BCUT2D eigenvalue weighted by atomic mass is 9.94. The molecule has 2 heterocycles. The van der Waals surface area contributed by atoms with Gasteiger partial charge in [0.15, 0.2) is 5.13 Å². The molecule has 1 saturated heterocycles. The first-order chi connectivity index (χ1) is 20.4. The number of piperazine rings is 1. The third kappa shape index (κ3) is 10.3. The number of nitrogens with zero attached hydrogens (tertiary/aromatic N) is 3. The van der Waals surface area contributed by atoms with E-state index in [1.807, 2.05) is 6.08 Å². The van der Waals surface area contributed by atoms with Crippen LogP contribution in [0.3, 0.4) is 0 Å². The molecule has 0 aromatic carbocycles. The SMILES string of the molecule is C=CC(=C)/C=C\C(=C/CCCC)c1csc(N(CC(=C)CCC(CC)C(O)N2CCNCC2)C2=CCC(OC)C=C2)n1. The number of unbranched alkanes of at least 4 members (excludes halogenated alkanes) is 2. The number of nitrogens with one attached hydrogen (secondary N) is 1. The Morgan fingerprint density at radius 2 is 2.07 bits per heavy atom. The molecular weight excluding hydrogens is 540 g/mol. The largest absolute Gasteiger partial charge is 0.378 e. The monoisotopic (exact) mass is 592 g/mol. The van der Waals surface area contributed by atoms with Crippen molar-refractivity contribution in [2.24, 2.45) is 5.92 Å². The smallest absolute Gasteiger partial charge is 0.190 e. The van der Waals surface area contributed by atoms with E-state index in [-0.39, 0.29) is 12.0 Å². The van der Waals surface area contributed by atoms with Crippen molar-refractivity contribution in [1.82, 2.24) is 15.2 Å². The fourth-order valence-corrected chi connectivity index (χ4v) is 6.09. The summed E-state index contributed by atoms with van der Waals surface area (Å²) in [4.78, 5) is 9.63. The number of aliphatic hydroxyl groups excluding tert-OH is 1. The summed E-state index contributed by atoms with van der Waals surface area (Å²) in [5, 5.41) is 17.6. The van der Waals surface area contributed by atoms with E-state index in [4.69, 9.17) is 9.72 Å². The predicted octanol–water partition coefficient (Wildman–Crippen LogP) is 7.27. The molecule has 0 amide bonds. The van der Waals surface area contributed by atoms with Crippen LogP contribution >= 0.6 is 11.3 Å². The second-order valence-corrected chi connectivity index (χ2v) is 12.0. The van der Waals surface area contributed by atoms with Gasteiger partial charge in [-0.3, -0.25) is 4.90 Å². The number of anilines is 1. The van der Waals surface area contributed by atoms with Gasteiger partial charge < -0.3 is 20.1 Å². The summed E-state index contributed by atoms with van der Waals surface area (Å²) in [5.41, 5.74) is 5.21. The lowest BCUT2D eigenvalue weighted by Crippen LogP contribution is -2.50. The number of rotatable bonds is 18. The topological polar surface area (TPSA) is 60.9 Å². The third-order valence-electron chi connectivity index (χ3n) is 8.06. The first-order valence-electron chi connectivity index (χ1n) is 15.5. The van der Waals surface area contributed by atoms with E-state index in [0.717, 1.165) is 104 Å². The molecule has 230 valence electrons. The van der Waals surface area contributed by atoms with Crippen LogP contribution in [0.2, 0.25) is 0 Å². The summed E-state index contributed by atoms with van der Waals surface area (Å²) in [6.45, 7) is 21.1. The van der Waals surface area contributed by atoms with Gasteiger partial charge in [-0.1, -0.05) is 88.5 Å². The van der Waals surface area contributed by atoms with Gasteiger partial charge in [0.2, 0.25) is 0 Å². The minimum atomic E-state index is -0.402. The molecule has 1 aliphatic heterocycles. The molecule has 1 aromatic heterocycles. The molecule has 0 saturated carbocycles. The maximum Gasteiger partial charge on any atom is 0.190 e. The molecule has 42 heavy (non-hydrogen) atoms. The zero-order chi connectivity index (χ0) is 30.3. The van der Waals surface area contributed by atoms with Crippen LogP contribution in [0.25, 0.3) is 5.57 Å². The van der Waals surface area contributed by atoms with Crippen LogP contribution in [0.4, 0.5) is 5.13 Å². The van der Waals surface area contributed by atoms with Crippen molar-refractivity contribution in [2.45, 2.75) is 71.1 Å². The number of allylic oxidation sites excluding steroid dienone is 7. The molecule has 0 radical (unpaired) electrons. The Morgan fingerprint density at radius 3 is 2.71 bits per heavy atom. The molecule has 7 heteroatoms. The zero-order valence-corrected chi connectivity index (χ0v) is 26.9. The number of hydrogen-bond acceptors (Lipinski definition) is 7. The molecule has 2 aliphatic rings. The Bertz CT molecular complexity index is 1140. The quantitative estimate of drug-likeness (QED) is 0.106. The summed E-state index contributed by atoms with van der Waals surface area (Å²) < 4.78 is 5.55. The average Bonchev–Trinajstić information content (AvgIpc) is 3.52. The lowest BCUT2D eigenvalue weighted by molar-refractivity contribution is -0.0489. The number of aliphatic hydroxyl groups is 1. The number of thiazole rings is 1. The van der Waals surface area contributed by atoms with Crippen molar-refractivity contribution in [2.75, 3.05) is 44.7 Å². The van der Waals surface area contributed by atoms with Gasteiger partial charge in [-0.2, -0.15) is 0 Å². The minimum absolute atomic E-state index is 0.0960. The fourth-order valence-electron chi connectivity index (χ4n) is 5.24. The summed E-state index contributed by atoms with van der Waals surface area (Å²) in [6.07, 6.45) is 21.2. The van der Waals surface area contributed by atoms with Gasteiger partial charge >= 0.3 is 0 Å². The fraction of sp³-hybridized carbons (Fsp3) is 0.514. The van der Waals surface area contributed by atoms with Crippen molar-refractivity contribution in [3.63, 3.8) is 0 Å². The van der Waals surface area contributed by atoms with Crippen molar-refractivity contribution >= 4 is 22.0 Å². The first kappa shape index (κ1) is 33.9. The number of hydrogen-bond donors (Lipinski definition) is 2. The van der Waals surface area contributed by atoms with Crippen LogP contribution in [-0.4, -0.2) is 67.2 Å². The summed E-state index contributed by atoms with van der Waals surface area (Å²) in [5.74, 6) is 0.226. The van der Waals surface area contributed by atoms with Crippen molar-refractivity contribution < 1.29 is 9.84 Å². The summed E-state index contributed by atoms with van der Waals surface area (Å²) in [7, 11) is 1.75. The lowest BCUT2D eigenvalue weighted by Gasteiger charge is -2.36. The van der Waals surface area contributed by atoms with E-state index >= 15 is 0 Å². The average molecular weight is 593 g/mol. The van der Waals surface area contributed by atoms with Gasteiger partial charge in [0.25, 0.3) is 0 Å². The van der Waals surface area contributed by atoms with E-state index in [0.29, 0.717) is 6.54 Å². The Balaban J connectivity index is 1.78. The van der Waals surface area contributed by atoms with Crippen LogP contribution in [0, 0.1) is 5.92 Å². The van der Waals surface area contributed by atoms with Gasteiger partial charge in [0.05, 0.1) is 11.8 Å². The molecule has 2 N–H and O–H groups in total. The van der Waals surface area contributed by atoms with Crippen LogP contribution in [-0.2, 0) is 4.74 Å². The Hall–Kier alpha value is -2.55. The van der Waals surface area contributed by atoms with E-state index in [1.54, 1.807) is 24.5 Å². The molecule has 1 aromatic rings. The molecule has 3 atom stereocenters. The van der Waals surface area contributed by atoms with Gasteiger partial charge in [0, 0.05) is 50.9 Å². The van der Waals surface area contributed by atoms with Gasteiger partial charge in [-0.15, -0.1) is 11.3 Å². The molecule has 1 aliphatic carbocycles. The molecule has 3 unspecified atom stereocenters. The minimum Gasteiger partial charge on any atom is -0.378 e. The van der Waals surface area contributed by atoms with E-state index in [9.17, 15) is 5.11 Å². The zero-order valence-electron chi connectivity index (χ0n) is 26.1. The Kier molecular flexibility index (Phi) is 14.7. The van der Waals surface area contributed by atoms with E-state index in [2.05, 4.69) is 84.5 Å². The van der Waals surface area contributed by atoms with Gasteiger partial charge in [0.1, 0.15) is 6.23 Å². The highest BCUT2D eigenvalue weighted by atomic mass is 32.1. The standard InChI is InChI=1S/C35H52N4O2S/c1-7-10-11-12-30(16-13-27(4)8-2)33-26-42-35(37-33)39(31-17-19-32(41-6)20-18-31)25-28(5)14-15-29(9-3)34(40)38-23-21-36-22-24-38/h8,12-13,16-19,26,29,32,34,36,40H,2,4-5,7,9-11,14-15,20-25H2,1,3,6H3/b16-13-,30-12+. The normalized spacial score (nSPS) is 19.5.